The smallest absolute Gasteiger partial charge is 0.321 e. The fourth-order valence-electron chi connectivity index (χ4n) is 1.28. The lowest BCUT2D eigenvalue weighted by Gasteiger charge is -2.17. The van der Waals surface area contributed by atoms with Gasteiger partial charge in [-0.1, -0.05) is 31.0 Å². The van der Waals surface area contributed by atoms with Crippen molar-refractivity contribution in [2.75, 3.05) is 18.9 Å². The zero-order valence-corrected chi connectivity index (χ0v) is 10.4. The van der Waals surface area contributed by atoms with E-state index in [9.17, 15) is 4.79 Å². The predicted molar refractivity (Wildman–Crippen MR) is 68.0 cm³/mol. The monoisotopic (exact) mass is 240 g/mol. The van der Waals surface area contributed by atoms with Crippen LogP contribution in [0.3, 0.4) is 0 Å². The molecule has 16 heavy (non-hydrogen) atoms. The summed E-state index contributed by atoms with van der Waals surface area (Å²) in [4.78, 5) is 13.4. The van der Waals surface area contributed by atoms with E-state index in [0.29, 0.717) is 5.02 Å². The number of urea groups is 1. The van der Waals surface area contributed by atoms with Crippen LogP contribution in [-0.4, -0.2) is 24.5 Å². The number of unbranched alkanes of at least 4 members (excludes halogenated alkanes) is 1. The molecule has 0 saturated heterocycles. The van der Waals surface area contributed by atoms with Gasteiger partial charge in [0.1, 0.15) is 0 Å². The van der Waals surface area contributed by atoms with Crippen LogP contribution in [0.15, 0.2) is 24.3 Å². The molecule has 1 aromatic rings. The maximum absolute atomic E-state index is 11.7. The quantitative estimate of drug-likeness (QED) is 0.857. The third-order valence-electron chi connectivity index (χ3n) is 2.27. The average molecular weight is 241 g/mol. The summed E-state index contributed by atoms with van der Waals surface area (Å²) in [6.45, 7) is 2.87. The number of carbonyl (C=O) groups is 1. The first-order chi connectivity index (χ1) is 7.63. The van der Waals surface area contributed by atoms with E-state index in [1.54, 1.807) is 24.1 Å². The molecule has 0 aliphatic rings. The largest absolute Gasteiger partial charge is 0.328 e. The van der Waals surface area contributed by atoms with E-state index in [1.807, 2.05) is 12.1 Å². The van der Waals surface area contributed by atoms with Crippen LogP contribution in [0.25, 0.3) is 0 Å². The molecule has 0 aliphatic heterocycles. The van der Waals surface area contributed by atoms with Crippen molar-refractivity contribution in [1.29, 1.82) is 0 Å². The van der Waals surface area contributed by atoms with E-state index in [4.69, 9.17) is 11.6 Å². The maximum Gasteiger partial charge on any atom is 0.321 e. The molecule has 0 spiro atoms. The van der Waals surface area contributed by atoms with E-state index in [1.165, 1.54) is 0 Å². The van der Waals surface area contributed by atoms with Crippen LogP contribution in [0.4, 0.5) is 10.5 Å². The van der Waals surface area contributed by atoms with Crippen molar-refractivity contribution in [3.63, 3.8) is 0 Å². The molecule has 0 unspecified atom stereocenters. The molecule has 2 amide bonds. The lowest BCUT2D eigenvalue weighted by Crippen LogP contribution is -2.32. The van der Waals surface area contributed by atoms with E-state index in [-0.39, 0.29) is 6.03 Å². The van der Waals surface area contributed by atoms with Gasteiger partial charge in [-0.25, -0.2) is 4.79 Å². The topological polar surface area (TPSA) is 32.3 Å². The van der Waals surface area contributed by atoms with Gasteiger partial charge in [-0.05, 0) is 24.6 Å². The number of hydrogen-bond donors (Lipinski definition) is 1. The number of benzene rings is 1. The zero-order chi connectivity index (χ0) is 12.0. The minimum atomic E-state index is -0.101. The summed E-state index contributed by atoms with van der Waals surface area (Å²) in [6.07, 6.45) is 2.09. The number of hydrogen-bond acceptors (Lipinski definition) is 1. The van der Waals surface area contributed by atoms with Crippen molar-refractivity contribution in [1.82, 2.24) is 4.90 Å². The van der Waals surface area contributed by atoms with Crippen molar-refractivity contribution in [2.45, 2.75) is 19.8 Å². The lowest BCUT2D eigenvalue weighted by molar-refractivity contribution is 0.222. The molecule has 88 valence electrons. The first-order valence-electron chi connectivity index (χ1n) is 5.41. The predicted octanol–water partition coefficient (Wildman–Crippen LogP) is 3.60. The summed E-state index contributed by atoms with van der Waals surface area (Å²) < 4.78 is 0. The number of amides is 2. The summed E-state index contributed by atoms with van der Waals surface area (Å²) >= 11 is 5.83. The first-order valence-corrected chi connectivity index (χ1v) is 5.79. The average Bonchev–Trinajstić information content (AvgIpc) is 2.25. The Morgan fingerprint density at radius 1 is 1.50 bits per heavy atom. The van der Waals surface area contributed by atoms with Crippen molar-refractivity contribution in [2.24, 2.45) is 0 Å². The number of carbonyl (C=O) groups excluding carboxylic acids is 1. The van der Waals surface area contributed by atoms with Crippen LogP contribution in [0, 0.1) is 0 Å². The van der Waals surface area contributed by atoms with E-state index in [2.05, 4.69) is 12.2 Å². The number of nitrogens with one attached hydrogen (secondary N) is 1. The Balaban J connectivity index is 2.50. The molecule has 1 aromatic carbocycles. The second-order valence-corrected chi connectivity index (χ2v) is 4.15. The van der Waals surface area contributed by atoms with Gasteiger partial charge in [0.15, 0.2) is 0 Å². The Morgan fingerprint density at radius 3 is 2.88 bits per heavy atom. The second-order valence-electron chi connectivity index (χ2n) is 3.72. The molecular weight excluding hydrogens is 224 g/mol. The molecule has 0 bridgehead atoms. The minimum Gasteiger partial charge on any atom is -0.328 e. The van der Waals surface area contributed by atoms with Crippen LogP contribution < -0.4 is 5.32 Å². The van der Waals surface area contributed by atoms with Gasteiger partial charge in [0.05, 0.1) is 0 Å². The summed E-state index contributed by atoms with van der Waals surface area (Å²) in [6, 6.07) is 7.03. The summed E-state index contributed by atoms with van der Waals surface area (Å²) in [5.41, 5.74) is 0.723. The second kappa shape index (κ2) is 6.38. The van der Waals surface area contributed by atoms with Crippen molar-refractivity contribution in [3.05, 3.63) is 29.3 Å². The molecular formula is C12H17ClN2O. The third-order valence-corrected chi connectivity index (χ3v) is 2.50. The highest BCUT2D eigenvalue weighted by Gasteiger charge is 2.07. The lowest BCUT2D eigenvalue weighted by atomic mass is 10.3. The van der Waals surface area contributed by atoms with Gasteiger partial charge in [0, 0.05) is 24.3 Å². The zero-order valence-electron chi connectivity index (χ0n) is 9.66. The number of anilines is 1. The van der Waals surface area contributed by atoms with Gasteiger partial charge in [-0.2, -0.15) is 0 Å². The highest BCUT2D eigenvalue weighted by Crippen LogP contribution is 2.15. The SMILES string of the molecule is CCCCN(C)C(=O)Nc1cccc(Cl)c1. The highest BCUT2D eigenvalue weighted by atomic mass is 35.5. The Morgan fingerprint density at radius 2 is 2.25 bits per heavy atom. The summed E-state index contributed by atoms with van der Waals surface area (Å²) in [5.74, 6) is 0. The first kappa shape index (κ1) is 12.8. The molecule has 0 aromatic heterocycles. The van der Waals surface area contributed by atoms with Crippen molar-refractivity contribution >= 4 is 23.3 Å². The van der Waals surface area contributed by atoms with Crippen molar-refractivity contribution in [3.8, 4) is 0 Å². The normalized spacial score (nSPS) is 9.94. The molecule has 0 radical (unpaired) electrons. The molecule has 0 aliphatic carbocycles. The van der Waals surface area contributed by atoms with E-state index >= 15 is 0 Å². The fourth-order valence-corrected chi connectivity index (χ4v) is 1.47. The van der Waals surface area contributed by atoms with Crippen LogP contribution in [-0.2, 0) is 0 Å². The molecule has 0 atom stereocenters. The summed E-state index contributed by atoms with van der Waals surface area (Å²) in [5, 5.41) is 3.41. The Hall–Kier alpha value is -1.22. The maximum atomic E-state index is 11.7. The Kier molecular flexibility index (Phi) is 5.12. The number of rotatable bonds is 4. The summed E-state index contributed by atoms with van der Waals surface area (Å²) in [7, 11) is 1.79. The fraction of sp³-hybridized carbons (Fsp3) is 0.417. The van der Waals surface area contributed by atoms with Crippen LogP contribution in [0.5, 0.6) is 0 Å². The highest BCUT2D eigenvalue weighted by molar-refractivity contribution is 6.30. The van der Waals surface area contributed by atoms with Gasteiger partial charge in [0.2, 0.25) is 0 Å². The van der Waals surface area contributed by atoms with Gasteiger partial charge >= 0.3 is 6.03 Å². The molecule has 4 heteroatoms. The van der Waals surface area contributed by atoms with Gasteiger partial charge < -0.3 is 10.2 Å². The molecule has 3 nitrogen and oxygen atoms in total. The van der Waals surface area contributed by atoms with Crippen LogP contribution in [0.1, 0.15) is 19.8 Å². The molecule has 1 rings (SSSR count). The van der Waals surface area contributed by atoms with Gasteiger partial charge in [-0.3, -0.25) is 0 Å². The van der Waals surface area contributed by atoms with Gasteiger partial charge in [-0.15, -0.1) is 0 Å². The Bertz CT molecular complexity index is 355. The minimum absolute atomic E-state index is 0.101. The van der Waals surface area contributed by atoms with E-state index < -0.39 is 0 Å². The third kappa shape index (κ3) is 4.11. The van der Waals surface area contributed by atoms with Crippen molar-refractivity contribution < 1.29 is 4.79 Å². The molecule has 1 N–H and O–H groups in total. The molecule has 0 fully saturated rings. The molecule has 0 saturated carbocycles. The Labute approximate surface area is 101 Å². The van der Waals surface area contributed by atoms with E-state index in [0.717, 1.165) is 25.1 Å². The number of nitrogens with zero attached hydrogens (tertiary/aromatic N) is 1. The molecule has 0 heterocycles. The van der Waals surface area contributed by atoms with Gasteiger partial charge in [0.25, 0.3) is 0 Å². The standard InChI is InChI=1S/C12H17ClN2O/c1-3-4-8-15(2)12(16)14-11-7-5-6-10(13)9-11/h5-7,9H,3-4,8H2,1-2H3,(H,14,16). The van der Waals surface area contributed by atoms with Crippen LogP contribution >= 0.6 is 11.6 Å². The number of halogens is 1. The van der Waals surface area contributed by atoms with Crippen LogP contribution in [0.2, 0.25) is 5.02 Å².